The maximum Gasteiger partial charge on any atom is 0.225 e. The minimum Gasteiger partial charge on any atom is -0.356 e. The van der Waals surface area contributed by atoms with Crippen molar-refractivity contribution < 1.29 is 0 Å². The molecule has 0 amide bonds. The third kappa shape index (κ3) is 2.90. The van der Waals surface area contributed by atoms with Gasteiger partial charge in [0.25, 0.3) is 0 Å². The minimum absolute atomic E-state index is 0.199. The summed E-state index contributed by atoms with van der Waals surface area (Å²) >= 11 is 0. The Hall–Kier alpha value is -2.10. The Bertz CT molecular complexity index is 549. The summed E-state index contributed by atoms with van der Waals surface area (Å²) in [5.41, 5.74) is 1.24. The number of nitrogens with one attached hydrogen (secondary N) is 1. The lowest BCUT2D eigenvalue weighted by atomic mass is 10.1. The highest BCUT2D eigenvalue weighted by Gasteiger charge is 2.14. The van der Waals surface area contributed by atoms with Crippen molar-refractivity contribution in [1.29, 1.82) is 0 Å². The van der Waals surface area contributed by atoms with Gasteiger partial charge in [-0.1, -0.05) is 30.3 Å². The van der Waals surface area contributed by atoms with E-state index in [0.29, 0.717) is 5.95 Å². The lowest BCUT2D eigenvalue weighted by Gasteiger charge is -2.18. The van der Waals surface area contributed by atoms with Gasteiger partial charge in [0.1, 0.15) is 5.82 Å². The van der Waals surface area contributed by atoms with Crippen LogP contribution in [0.3, 0.4) is 0 Å². The van der Waals surface area contributed by atoms with E-state index in [4.69, 9.17) is 0 Å². The highest BCUT2D eigenvalue weighted by Crippen LogP contribution is 2.20. The lowest BCUT2D eigenvalue weighted by molar-refractivity contribution is 0.852. The molecule has 0 aliphatic carbocycles. The third-order valence-corrected chi connectivity index (χ3v) is 3.72. The molecule has 0 spiro atoms. The fourth-order valence-electron chi connectivity index (χ4n) is 2.56. The van der Waals surface area contributed by atoms with E-state index in [9.17, 15) is 0 Å². The Balaban J connectivity index is 1.72. The molecule has 4 nitrogen and oxygen atoms in total. The molecule has 20 heavy (non-hydrogen) atoms. The summed E-state index contributed by atoms with van der Waals surface area (Å²) < 4.78 is 0. The van der Waals surface area contributed by atoms with Crippen molar-refractivity contribution in [1.82, 2.24) is 9.97 Å². The molecule has 1 aliphatic rings. The molecule has 1 atom stereocenters. The van der Waals surface area contributed by atoms with Crippen LogP contribution < -0.4 is 10.2 Å². The van der Waals surface area contributed by atoms with Crippen LogP contribution in [0.15, 0.2) is 42.6 Å². The Morgan fingerprint density at radius 2 is 1.85 bits per heavy atom. The van der Waals surface area contributed by atoms with Gasteiger partial charge in [0.05, 0.1) is 6.04 Å². The zero-order chi connectivity index (χ0) is 13.8. The topological polar surface area (TPSA) is 41.1 Å². The Morgan fingerprint density at radius 1 is 1.10 bits per heavy atom. The monoisotopic (exact) mass is 268 g/mol. The van der Waals surface area contributed by atoms with E-state index in [1.54, 1.807) is 0 Å². The van der Waals surface area contributed by atoms with Crippen molar-refractivity contribution in [3.63, 3.8) is 0 Å². The van der Waals surface area contributed by atoms with Crippen molar-refractivity contribution in [2.24, 2.45) is 0 Å². The van der Waals surface area contributed by atoms with Crippen LogP contribution in [-0.2, 0) is 0 Å². The molecule has 2 heterocycles. The normalized spacial score (nSPS) is 16.1. The molecule has 1 saturated heterocycles. The average molecular weight is 268 g/mol. The molecule has 1 aromatic heterocycles. The first-order chi connectivity index (χ1) is 9.83. The highest BCUT2D eigenvalue weighted by molar-refractivity contribution is 5.44. The van der Waals surface area contributed by atoms with E-state index < -0.39 is 0 Å². The van der Waals surface area contributed by atoms with Crippen LogP contribution in [0.4, 0.5) is 11.8 Å². The average Bonchev–Trinajstić information content (AvgIpc) is 3.03. The number of benzene rings is 1. The standard InChI is InChI=1S/C16H20N4/c1-13(14-7-3-2-4-8-14)18-16-17-10-9-15(19-16)20-11-5-6-12-20/h2-4,7-10,13H,5-6,11-12H2,1H3,(H,17,18,19)/t13-/m1/s1. The van der Waals surface area contributed by atoms with Crippen LogP contribution in [-0.4, -0.2) is 23.1 Å². The summed E-state index contributed by atoms with van der Waals surface area (Å²) in [5.74, 6) is 1.73. The zero-order valence-corrected chi connectivity index (χ0v) is 11.8. The maximum absolute atomic E-state index is 4.62. The van der Waals surface area contributed by atoms with Crippen LogP contribution in [0.5, 0.6) is 0 Å². The van der Waals surface area contributed by atoms with Crippen molar-refractivity contribution in [3.8, 4) is 0 Å². The fraction of sp³-hybridized carbons (Fsp3) is 0.375. The number of hydrogen-bond donors (Lipinski definition) is 1. The summed E-state index contributed by atoms with van der Waals surface area (Å²) in [4.78, 5) is 11.3. The largest absolute Gasteiger partial charge is 0.356 e. The van der Waals surface area contributed by atoms with Crippen molar-refractivity contribution in [2.45, 2.75) is 25.8 Å². The minimum atomic E-state index is 0.199. The molecule has 0 bridgehead atoms. The third-order valence-electron chi connectivity index (χ3n) is 3.72. The van der Waals surface area contributed by atoms with Crippen LogP contribution >= 0.6 is 0 Å². The summed E-state index contributed by atoms with van der Waals surface area (Å²) in [6.07, 6.45) is 4.35. The number of aromatic nitrogens is 2. The van der Waals surface area contributed by atoms with E-state index in [1.807, 2.05) is 18.3 Å². The summed E-state index contributed by atoms with van der Waals surface area (Å²) in [6, 6.07) is 12.5. The lowest BCUT2D eigenvalue weighted by Crippen LogP contribution is -2.20. The summed E-state index contributed by atoms with van der Waals surface area (Å²) in [5, 5.41) is 3.37. The van der Waals surface area contributed by atoms with Gasteiger partial charge in [-0.15, -0.1) is 0 Å². The molecule has 1 N–H and O–H groups in total. The SMILES string of the molecule is C[C@@H](Nc1nccc(N2CCCC2)n1)c1ccccc1. The number of anilines is 2. The highest BCUT2D eigenvalue weighted by atomic mass is 15.2. The molecule has 0 saturated carbocycles. The van der Waals surface area contributed by atoms with E-state index in [2.05, 4.69) is 51.4 Å². The smallest absolute Gasteiger partial charge is 0.225 e. The van der Waals surface area contributed by atoms with E-state index in [1.165, 1.54) is 18.4 Å². The fourth-order valence-corrected chi connectivity index (χ4v) is 2.56. The van der Waals surface area contributed by atoms with Crippen molar-refractivity contribution >= 4 is 11.8 Å². The zero-order valence-electron chi connectivity index (χ0n) is 11.8. The van der Waals surface area contributed by atoms with E-state index in [-0.39, 0.29) is 6.04 Å². The van der Waals surface area contributed by atoms with Crippen LogP contribution in [0.2, 0.25) is 0 Å². The van der Waals surface area contributed by atoms with Crippen molar-refractivity contribution in [2.75, 3.05) is 23.3 Å². The maximum atomic E-state index is 4.62. The first-order valence-electron chi connectivity index (χ1n) is 7.22. The molecule has 0 radical (unpaired) electrons. The van der Waals surface area contributed by atoms with Gasteiger partial charge in [0.2, 0.25) is 5.95 Å². The summed E-state index contributed by atoms with van der Waals surface area (Å²) in [7, 11) is 0. The number of rotatable bonds is 4. The second kappa shape index (κ2) is 5.90. The quantitative estimate of drug-likeness (QED) is 0.924. The molecular formula is C16H20N4. The first-order valence-corrected chi connectivity index (χ1v) is 7.22. The first kappa shape index (κ1) is 12.9. The molecule has 0 unspecified atom stereocenters. The van der Waals surface area contributed by atoms with Gasteiger partial charge in [0.15, 0.2) is 0 Å². The van der Waals surface area contributed by atoms with E-state index >= 15 is 0 Å². The Kier molecular flexibility index (Phi) is 3.81. The van der Waals surface area contributed by atoms with Gasteiger partial charge in [0, 0.05) is 19.3 Å². The van der Waals surface area contributed by atoms with Crippen LogP contribution in [0, 0.1) is 0 Å². The van der Waals surface area contributed by atoms with Gasteiger partial charge < -0.3 is 10.2 Å². The Morgan fingerprint density at radius 3 is 2.60 bits per heavy atom. The van der Waals surface area contributed by atoms with Crippen molar-refractivity contribution in [3.05, 3.63) is 48.2 Å². The predicted molar refractivity (Wildman–Crippen MR) is 82.0 cm³/mol. The number of nitrogens with zero attached hydrogens (tertiary/aromatic N) is 3. The van der Waals surface area contributed by atoms with Gasteiger partial charge in [-0.25, -0.2) is 4.98 Å². The van der Waals surface area contributed by atoms with Gasteiger partial charge in [-0.05, 0) is 31.4 Å². The molecule has 2 aromatic rings. The second-order valence-corrected chi connectivity index (χ2v) is 5.21. The van der Waals surface area contributed by atoms with Crippen LogP contribution in [0.1, 0.15) is 31.4 Å². The molecule has 1 aliphatic heterocycles. The van der Waals surface area contributed by atoms with E-state index in [0.717, 1.165) is 18.9 Å². The molecule has 104 valence electrons. The van der Waals surface area contributed by atoms with Gasteiger partial charge in [-0.2, -0.15) is 4.98 Å². The molecular weight excluding hydrogens is 248 g/mol. The van der Waals surface area contributed by atoms with Crippen LogP contribution in [0.25, 0.3) is 0 Å². The summed E-state index contributed by atoms with van der Waals surface area (Å²) in [6.45, 7) is 4.33. The molecule has 1 aromatic carbocycles. The molecule has 1 fully saturated rings. The Labute approximate surface area is 119 Å². The van der Waals surface area contributed by atoms with Gasteiger partial charge in [-0.3, -0.25) is 0 Å². The molecule has 4 heteroatoms. The second-order valence-electron chi connectivity index (χ2n) is 5.21. The predicted octanol–water partition coefficient (Wildman–Crippen LogP) is 3.25. The molecule has 3 rings (SSSR count). The number of hydrogen-bond acceptors (Lipinski definition) is 4. The van der Waals surface area contributed by atoms with Gasteiger partial charge >= 0.3 is 0 Å².